The molecule has 14 heavy (non-hydrogen) atoms. The summed E-state index contributed by atoms with van der Waals surface area (Å²) in [5, 5.41) is 0. The lowest BCUT2D eigenvalue weighted by molar-refractivity contribution is 0.163. The molecule has 2 atom stereocenters. The van der Waals surface area contributed by atoms with Gasteiger partial charge in [0.15, 0.2) is 0 Å². The van der Waals surface area contributed by atoms with Crippen molar-refractivity contribution in [3.05, 3.63) is 29.6 Å². The predicted molar refractivity (Wildman–Crippen MR) is 52.0 cm³/mol. The zero-order valence-electron chi connectivity index (χ0n) is 8.00. The van der Waals surface area contributed by atoms with Crippen molar-refractivity contribution in [2.24, 2.45) is 0 Å². The number of hydrogen-bond acceptors (Lipinski definition) is 1. The summed E-state index contributed by atoms with van der Waals surface area (Å²) in [7, 11) is 0. The summed E-state index contributed by atoms with van der Waals surface area (Å²) in [5.74, 6) is 1.01. The second-order valence-corrected chi connectivity index (χ2v) is 4.20. The molecule has 2 aliphatic rings. The normalized spacial score (nSPS) is 29.2. The van der Waals surface area contributed by atoms with E-state index in [4.69, 9.17) is 4.74 Å². The molecule has 1 aliphatic heterocycles. The third-order valence-corrected chi connectivity index (χ3v) is 3.36. The fourth-order valence-electron chi connectivity index (χ4n) is 2.71. The van der Waals surface area contributed by atoms with E-state index in [2.05, 4.69) is 0 Å². The molecule has 1 aliphatic carbocycles. The molecule has 1 aromatic rings. The van der Waals surface area contributed by atoms with Crippen LogP contribution in [0.5, 0.6) is 5.75 Å². The minimum Gasteiger partial charge on any atom is -0.489 e. The van der Waals surface area contributed by atoms with Gasteiger partial charge in [-0.25, -0.2) is 4.39 Å². The van der Waals surface area contributed by atoms with E-state index >= 15 is 0 Å². The maximum absolute atomic E-state index is 13.6. The molecular formula is C12H13FO. The summed E-state index contributed by atoms with van der Waals surface area (Å²) in [4.78, 5) is 0. The van der Waals surface area contributed by atoms with Gasteiger partial charge < -0.3 is 4.74 Å². The molecule has 1 fully saturated rings. The van der Waals surface area contributed by atoms with Gasteiger partial charge in [0.05, 0.1) is 0 Å². The molecule has 3 rings (SSSR count). The van der Waals surface area contributed by atoms with E-state index in [1.54, 1.807) is 12.1 Å². The topological polar surface area (TPSA) is 9.23 Å². The molecule has 0 spiro atoms. The zero-order chi connectivity index (χ0) is 9.54. The summed E-state index contributed by atoms with van der Waals surface area (Å²) < 4.78 is 19.3. The first kappa shape index (κ1) is 8.27. The quantitative estimate of drug-likeness (QED) is 0.613. The average molecular weight is 192 g/mol. The molecule has 1 heterocycles. The molecule has 0 amide bonds. The van der Waals surface area contributed by atoms with E-state index in [1.165, 1.54) is 12.8 Å². The monoisotopic (exact) mass is 192 g/mol. The first-order valence-electron chi connectivity index (χ1n) is 5.31. The van der Waals surface area contributed by atoms with Gasteiger partial charge in [0.2, 0.25) is 0 Å². The van der Waals surface area contributed by atoms with Crippen LogP contribution in [0.15, 0.2) is 18.2 Å². The molecule has 0 saturated heterocycles. The van der Waals surface area contributed by atoms with Gasteiger partial charge in [0.1, 0.15) is 17.7 Å². The first-order chi connectivity index (χ1) is 6.86. The number of fused-ring (bicyclic) bond motifs is 3. The summed E-state index contributed by atoms with van der Waals surface area (Å²) in [6.07, 6.45) is 4.84. The fraction of sp³-hybridized carbons (Fsp3) is 0.500. The van der Waals surface area contributed by atoms with E-state index in [1.807, 2.05) is 6.07 Å². The molecule has 1 saturated carbocycles. The Balaban J connectivity index is 2.06. The van der Waals surface area contributed by atoms with Crippen molar-refractivity contribution in [2.45, 2.75) is 37.7 Å². The molecule has 2 heteroatoms. The Morgan fingerprint density at radius 3 is 3.00 bits per heavy atom. The van der Waals surface area contributed by atoms with Crippen LogP contribution in [0.25, 0.3) is 0 Å². The Hall–Kier alpha value is -1.05. The minimum absolute atomic E-state index is 0.0862. The Labute approximate surface area is 82.9 Å². The van der Waals surface area contributed by atoms with Gasteiger partial charge in [-0.1, -0.05) is 12.5 Å². The lowest BCUT2D eigenvalue weighted by Gasteiger charge is -2.23. The highest BCUT2D eigenvalue weighted by atomic mass is 19.1. The summed E-state index contributed by atoms with van der Waals surface area (Å²) in [6.45, 7) is 0. The third-order valence-electron chi connectivity index (χ3n) is 3.36. The van der Waals surface area contributed by atoms with Crippen LogP contribution in [0.1, 0.15) is 37.2 Å². The van der Waals surface area contributed by atoms with Crippen LogP contribution in [0, 0.1) is 5.82 Å². The van der Waals surface area contributed by atoms with E-state index in [0.29, 0.717) is 5.92 Å². The van der Waals surface area contributed by atoms with Gasteiger partial charge in [-0.3, -0.25) is 0 Å². The number of rotatable bonds is 0. The Morgan fingerprint density at radius 2 is 2.07 bits per heavy atom. The van der Waals surface area contributed by atoms with Gasteiger partial charge in [-0.2, -0.15) is 0 Å². The van der Waals surface area contributed by atoms with Crippen molar-refractivity contribution in [3.8, 4) is 5.75 Å². The van der Waals surface area contributed by atoms with Crippen molar-refractivity contribution in [1.82, 2.24) is 0 Å². The first-order valence-corrected chi connectivity index (χ1v) is 5.31. The van der Waals surface area contributed by atoms with Gasteiger partial charge in [-0.05, 0) is 31.4 Å². The highest BCUT2D eigenvalue weighted by molar-refractivity contribution is 5.42. The third kappa shape index (κ3) is 1.06. The Bertz CT molecular complexity index is 361. The molecule has 0 radical (unpaired) electrons. The van der Waals surface area contributed by atoms with E-state index in [-0.39, 0.29) is 11.9 Å². The van der Waals surface area contributed by atoms with Gasteiger partial charge in [0.25, 0.3) is 0 Å². The molecular weight excluding hydrogens is 179 g/mol. The zero-order valence-corrected chi connectivity index (χ0v) is 8.00. The molecule has 1 nitrogen and oxygen atoms in total. The number of ether oxygens (including phenoxy) is 1. The lowest BCUT2D eigenvalue weighted by Crippen LogP contribution is -2.22. The predicted octanol–water partition coefficient (Wildman–Crippen LogP) is 3.24. The van der Waals surface area contributed by atoms with Crippen LogP contribution in [0.2, 0.25) is 0 Å². The maximum Gasteiger partial charge on any atom is 0.130 e. The fourth-order valence-corrected chi connectivity index (χ4v) is 2.71. The summed E-state index contributed by atoms with van der Waals surface area (Å²) in [5.41, 5.74) is 0.831. The SMILES string of the molecule is Fc1cccc2c1C1CCCCC1O2. The summed E-state index contributed by atoms with van der Waals surface area (Å²) in [6, 6.07) is 5.15. The van der Waals surface area contributed by atoms with Crippen LogP contribution in [-0.2, 0) is 0 Å². The van der Waals surface area contributed by atoms with Crippen molar-refractivity contribution < 1.29 is 9.13 Å². The lowest BCUT2D eigenvalue weighted by atomic mass is 9.83. The number of hydrogen-bond donors (Lipinski definition) is 0. The summed E-state index contributed by atoms with van der Waals surface area (Å²) >= 11 is 0. The van der Waals surface area contributed by atoms with Crippen molar-refractivity contribution in [3.63, 3.8) is 0 Å². The van der Waals surface area contributed by atoms with Crippen LogP contribution < -0.4 is 4.74 Å². The molecule has 74 valence electrons. The van der Waals surface area contributed by atoms with E-state index in [0.717, 1.165) is 24.2 Å². The largest absolute Gasteiger partial charge is 0.489 e. The van der Waals surface area contributed by atoms with E-state index < -0.39 is 0 Å². The Kier molecular flexibility index (Phi) is 1.76. The van der Waals surface area contributed by atoms with Crippen LogP contribution >= 0.6 is 0 Å². The molecule has 0 bridgehead atoms. The van der Waals surface area contributed by atoms with Crippen LogP contribution in [0.3, 0.4) is 0 Å². The van der Waals surface area contributed by atoms with Gasteiger partial charge >= 0.3 is 0 Å². The number of halogens is 1. The smallest absolute Gasteiger partial charge is 0.130 e. The highest BCUT2D eigenvalue weighted by Crippen LogP contribution is 2.46. The van der Waals surface area contributed by atoms with Crippen molar-refractivity contribution in [1.29, 1.82) is 0 Å². The molecule has 2 unspecified atom stereocenters. The molecule has 0 aromatic heterocycles. The minimum atomic E-state index is -0.0862. The molecule has 1 aromatic carbocycles. The van der Waals surface area contributed by atoms with Gasteiger partial charge in [0, 0.05) is 11.5 Å². The average Bonchev–Trinajstić information content (AvgIpc) is 2.57. The van der Waals surface area contributed by atoms with E-state index in [9.17, 15) is 4.39 Å². The second kappa shape index (κ2) is 2.97. The van der Waals surface area contributed by atoms with Crippen LogP contribution in [-0.4, -0.2) is 6.10 Å². The number of benzene rings is 1. The van der Waals surface area contributed by atoms with Crippen molar-refractivity contribution >= 4 is 0 Å². The highest BCUT2D eigenvalue weighted by Gasteiger charge is 2.37. The standard InChI is InChI=1S/C12H13FO/c13-9-5-3-7-11-12(9)8-4-1-2-6-10(8)14-11/h3,5,7-8,10H,1-2,4,6H2. The van der Waals surface area contributed by atoms with Gasteiger partial charge in [-0.15, -0.1) is 0 Å². The van der Waals surface area contributed by atoms with Crippen molar-refractivity contribution in [2.75, 3.05) is 0 Å². The molecule has 0 N–H and O–H groups in total. The Morgan fingerprint density at radius 1 is 1.21 bits per heavy atom. The maximum atomic E-state index is 13.6. The van der Waals surface area contributed by atoms with Crippen LogP contribution in [0.4, 0.5) is 4.39 Å². The second-order valence-electron chi connectivity index (χ2n) is 4.20.